The fourth-order valence-electron chi connectivity index (χ4n) is 3.01. The summed E-state index contributed by atoms with van der Waals surface area (Å²) in [6, 6.07) is 7.00. The van der Waals surface area contributed by atoms with Crippen LogP contribution in [0, 0.1) is 0 Å². The molecular weight excluding hydrogens is 367 g/mol. The van der Waals surface area contributed by atoms with Crippen LogP contribution < -0.4 is 0 Å². The van der Waals surface area contributed by atoms with Crippen LogP contribution in [0.5, 0.6) is 0 Å². The Hall–Kier alpha value is -2.16. The number of unbranched alkanes of at least 4 members (excludes halogenated alkanes) is 2. The van der Waals surface area contributed by atoms with Crippen molar-refractivity contribution in [3.63, 3.8) is 0 Å². The standard InChI is InChI=1S/C17H18F3N3O2S/c1-26(24,25)10-6-2-5-9-23-15-12-7-3-4-8-13(12)21-11-14(15)22-16(23)17(18,19)20/h3-4,7-8,11H,2,5-6,9-10H2,1H3. The van der Waals surface area contributed by atoms with Crippen LogP contribution in [0.25, 0.3) is 21.9 Å². The number of hydrogen-bond donors (Lipinski definition) is 0. The third kappa shape index (κ3) is 3.98. The molecule has 0 unspecified atom stereocenters. The van der Waals surface area contributed by atoms with Crippen molar-refractivity contribution in [2.24, 2.45) is 0 Å². The molecule has 3 aromatic rings. The Morgan fingerprint density at radius 1 is 1.08 bits per heavy atom. The van der Waals surface area contributed by atoms with E-state index in [1.807, 2.05) is 0 Å². The number of aryl methyl sites for hydroxylation is 1. The molecule has 0 atom stereocenters. The van der Waals surface area contributed by atoms with Crippen LogP contribution in [0.1, 0.15) is 25.1 Å². The highest BCUT2D eigenvalue weighted by Crippen LogP contribution is 2.34. The fraction of sp³-hybridized carbons (Fsp3) is 0.412. The zero-order valence-corrected chi connectivity index (χ0v) is 14.9. The van der Waals surface area contributed by atoms with Crippen LogP contribution in [0.4, 0.5) is 13.2 Å². The Labute approximate surface area is 148 Å². The van der Waals surface area contributed by atoms with Crippen molar-refractivity contribution in [3.8, 4) is 0 Å². The van der Waals surface area contributed by atoms with E-state index in [1.165, 1.54) is 10.8 Å². The van der Waals surface area contributed by atoms with Crippen LogP contribution in [0.2, 0.25) is 0 Å². The second-order valence-electron chi connectivity index (χ2n) is 6.28. The lowest BCUT2D eigenvalue weighted by atomic mass is 10.2. The van der Waals surface area contributed by atoms with Gasteiger partial charge in [-0.25, -0.2) is 13.4 Å². The quantitative estimate of drug-likeness (QED) is 0.605. The van der Waals surface area contributed by atoms with Gasteiger partial charge < -0.3 is 4.57 Å². The van der Waals surface area contributed by atoms with E-state index >= 15 is 0 Å². The average Bonchev–Trinajstić information content (AvgIpc) is 2.93. The van der Waals surface area contributed by atoms with Gasteiger partial charge in [0.1, 0.15) is 15.4 Å². The topological polar surface area (TPSA) is 64.8 Å². The van der Waals surface area contributed by atoms with Crippen molar-refractivity contribution in [2.45, 2.75) is 32.0 Å². The summed E-state index contributed by atoms with van der Waals surface area (Å²) < 4.78 is 63.8. The van der Waals surface area contributed by atoms with Gasteiger partial charge >= 0.3 is 6.18 Å². The molecular formula is C17H18F3N3O2S. The summed E-state index contributed by atoms with van der Waals surface area (Å²) in [5.74, 6) is -0.912. The molecule has 140 valence electrons. The summed E-state index contributed by atoms with van der Waals surface area (Å²) in [6.07, 6.45) is -0.694. The number of sulfone groups is 1. The van der Waals surface area contributed by atoms with Crippen molar-refractivity contribution >= 4 is 31.8 Å². The van der Waals surface area contributed by atoms with E-state index in [1.54, 1.807) is 24.3 Å². The molecule has 9 heteroatoms. The van der Waals surface area contributed by atoms with Crippen molar-refractivity contribution in [3.05, 3.63) is 36.3 Å². The third-order valence-corrected chi connectivity index (χ3v) is 5.16. The predicted octanol–water partition coefficient (Wildman–Crippen LogP) is 3.82. The number of halogens is 3. The van der Waals surface area contributed by atoms with E-state index < -0.39 is 21.8 Å². The Morgan fingerprint density at radius 2 is 1.81 bits per heavy atom. The number of nitrogens with zero attached hydrogens (tertiary/aromatic N) is 3. The lowest BCUT2D eigenvalue weighted by Crippen LogP contribution is -2.15. The van der Waals surface area contributed by atoms with E-state index in [0.29, 0.717) is 35.7 Å². The van der Waals surface area contributed by atoms with Crippen LogP contribution in [-0.2, 0) is 22.6 Å². The van der Waals surface area contributed by atoms with E-state index in [2.05, 4.69) is 9.97 Å². The lowest BCUT2D eigenvalue weighted by Gasteiger charge is -2.12. The molecule has 2 aromatic heterocycles. The van der Waals surface area contributed by atoms with Crippen LogP contribution in [-0.4, -0.2) is 35.0 Å². The highest BCUT2D eigenvalue weighted by Gasteiger charge is 2.37. The number of para-hydroxylation sites is 1. The molecule has 0 radical (unpaired) electrons. The minimum atomic E-state index is -4.58. The Balaban J connectivity index is 1.96. The van der Waals surface area contributed by atoms with Gasteiger partial charge in [-0.05, 0) is 18.9 Å². The van der Waals surface area contributed by atoms with Crippen molar-refractivity contribution < 1.29 is 21.6 Å². The van der Waals surface area contributed by atoms with Crippen LogP contribution >= 0.6 is 0 Å². The minimum absolute atomic E-state index is 0.0383. The van der Waals surface area contributed by atoms with Crippen LogP contribution in [0.3, 0.4) is 0 Å². The SMILES string of the molecule is CS(=O)(=O)CCCCCn1c(C(F)(F)F)nc2cnc3ccccc3c21. The molecule has 0 aliphatic heterocycles. The highest BCUT2D eigenvalue weighted by molar-refractivity contribution is 7.90. The van der Waals surface area contributed by atoms with Gasteiger partial charge in [-0.3, -0.25) is 4.98 Å². The molecule has 0 saturated heterocycles. The maximum Gasteiger partial charge on any atom is 0.449 e. The fourth-order valence-corrected chi connectivity index (χ4v) is 3.74. The first-order valence-electron chi connectivity index (χ1n) is 8.16. The van der Waals surface area contributed by atoms with Gasteiger partial charge in [-0.2, -0.15) is 13.2 Å². The zero-order valence-electron chi connectivity index (χ0n) is 14.1. The summed E-state index contributed by atoms with van der Waals surface area (Å²) >= 11 is 0. The number of fused-ring (bicyclic) bond motifs is 3. The molecule has 0 aliphatic rings. The molecule has 0 fully saturated rings. The van der Waals surface area contributed by atoms with Gasteiger partial charge in [-0.1, -0.05) is 24.6 Å². The highest BCUT2D eigenvalue weighted by atomic mass is 32.2. The summed E-state index contributed by atoms with van der Waals surface area (Å²) in [4.78, 5) is 7.92. The van der Waals surface area contributed by atoms with Gasteiger partial charge in [0.05, 0.1) is 17.2 Å². The first kappa shape index (κ1) is 18.6. The second-order valence-corrected chi connectivity index (χ2v) is 8.54. The third-order valence-electron chi connectivity index (χ3n) is 4.13. The molecule has 0 amide bonds. The number of rotatable bonds is 6. The molecule has 0 bridgehead atoms. The molecule has 26 heavy (non-hydrogen) atoms. The molecule has 3 rings (SSSR count). The van der Waals surface area contributed by atoms with E-state index in [4.69, 9.17) is 0 Å². The van der Waals surface area contributed by atoms with Crippen molar-refractivity contribution in [2.75, 3.05) is 12.0 Å². The normalized spacial score (nSPS) is 12.9. The number of imidazole rings is 1. The summed E-state index contributed by atoms with van der Waals surface area (Å²) in [6.45, 7) is 0.114. The summed E-state index contributed by atoms with van der Waals surface area (Å²) in [5, 5.41) is 0.615. The molecule has 1 aromatic carbocycles. The van der Waals surface area contributed by atoms with Crippen LogP contribution in [0.15, 0.2) is 30.5 Å². The number of hydrogen-bond acceptors (Lipinski definition) is 4. The largest absolute Gasteiger partial charge is 0.449 e. The molecule has 0 spiro atoms. The molecule has 0 N–H and O–H groups in total. The number of aromatic nitrogens is 3. The lowest BCUT2D eigenvalue weighted by molar-refractivity contribution is -0.146. The number of pyridine rings is 1. The molecule has 2 heterocycles. The van der Waals surface area contributed by atoms with E-state index in [0.717, 1.165) is 6.26 Å². The molecule has 5 nitrogen and oxygen atoms in total. The first-order chi connectivity index (χ1) is 12.2. The van der Waals surface area contributed by atoms with Gasteiger partial charge in [0.25, 0.3) is 0 Å². The monoisotopic (exact) mass is 385 g/mol. The van der Waals surface area contributed by atoms with Crippen molar-refractivity contribution in [1.29, 1.82) is 0 Å². The Morgan fingerprint density at radius 3 is 2.50 bits per heavy atom. The molecule has 0 saturated carbocycles. The summed E-state index contributed by atoms with van der Waals surface area (Å²) in [7, 11) is -3.06. The second kappa shape index (κ2) is 6.86. The van der Waals surface area contributed by atoms with Gasteiger partial charge in [0.2, 0.25) is 5.82 Å². The maximum absolute atomic E-state index is 13.4. The number of alkyl halides is 3. The summed E-state index contributed by atoms with van der Waals surface area (Å²) in [5.41, 5.74) is 1.21. The Bertz CT molecular complexity index is 1040. The minimum Gasteiger partial charge on any atom is -0.320 e. The Kier molecular flexibility index (Phi) is 4.92. The average molecular weight is 385 g/mol. The molecule has 0 aliphatic carbocycles. The van der Waals surface area contributed by atoms with Gasteiger partial charge in [0.15, 0.2) is 0 Å². The van der Waals surface area contributed by atoms with E-state index in [-0.39, 0.29) is 17.8 Å². The first-order valence-corrected chi connectivity index (χ1v) is 10.2. The van der Waals surface area contributed by atoms with E-state index in [9.17, 15) is 21.6 Å². The zero-order chi connectivity index (χ0) is 18.9. The number of benzene rings is 1. The van der Waals surface area contributed by atoms with Gasteiger partial charge in [0, 0.05) is 23.9 Å². The van der Waals surface area contributed by atoms with Crippen molar-refractivity contribution in [1.82, 2.24) is 14.5 Å². The van der Waals surface area contributed by atoms with Gasteiger partial charge in [-0.15, -0.1) is 0 Å². The predicted molar refractivity (Wildman–Crippen MR) is 93.6 cm³/mol. The smallest absolute Gasteiger partial charge is 0.320 e. The maximum atomic E-state index is 13.4.